The van der Waals surface area contributed by atoms with Gasteiger partial charge in [0.1, 0.15) is 24.1 Å². The zero-order valence-electron chi connectivity index (χ0n) is 16.9. The fourth-order valence-corrected chi connectivity index (χ4v) is 3.64. The molecule has 2 fully saturated rings. The lowest BCUT2D eigenvalue weighted by Gasteiger charge is -2.20. The summed E-state index contributed by atoms with van der Waals surface area (Å²) in [6.45, 7) is 3.56. The molecule has 2 aliphatic heterocycles. The van der Waals surface area contributed by atoms with Crippen molar-refractivity contribution in [3.8, 4) is 5.75 Å². The van der Waals surface area contributed by atoms with Gasteiger partial charge in [0.05, 0.1) is 31.5 Å². The van der Waals surface area contributed by atoms with Crippen LogP contribution in [0.25, 0.3) is 0 Å². The predicted octanol–water partition coefficient (Wildman–Crippen LogP) is 1.86. The highest BCUT2D eigenvalue weighted by Gasteiger charge is 2.40. The Labute approximate surface area is 174 Å². The third-order valence-corrected chi connectivity index (χ3v) is 5.20. The number of fused-ring (bicyclic) bond motifs is 1. The topological polar surface area (TPSA) is 87.2 Å². The maximum Gasteiger partial charge on any atom is 0.337 e. The van der Waals surface area contributed by atoms with Crippen LogP contribution in [-0.4, -0.2) is 73.5 Å². The third kappa shape index (κ3) is 4.44. The van der Waals surface area contributed by atoms with Gasteiger partial charge in [-0.2, -0.15) is 0 Å². The van der Waals surface area contributed by atoms with Crippen LogP contribution in [0.1, 0.15) is 26.3 Å². The van der Waals surface area contributed by atoms with Crippen LogP contribution < -0.4 is 4.74 Å². The van der Waals surface area contributed by atoms with E-state index in [0.29, 0.717) is 43.2 Å². The molecular weight excluding hydrogens is 388 g/mol. The van der Waals surface area contributed by atoms with E-state index in [0.717, 1.165) is 5.56 Å². The molecule has 4 rings (SSSR count). The molecule has 0 unspecified atom stereocenters. The van der Waals surface area contributed by atoms with Crippen molar-refractivity contribution in [2.45, 2.75) is 25.2 Å². The van der Waals surface area contributed by atoms with E-state index in [-0.39, 0.29) is 24.2 Å². The second-order valence-electron chi connectivity index (χ2n) is 7.46. The minimum Gasteiger partial charge on any atom is -0.486 e. The maximum absolute atomic E-state index is 12.7. The average Bonchev–Trinajstić information content (AvgIpc) is 3.09. The monoisotopic (exact) mass is 412 g/mol. The summed E-state index contributed by atoms with van der Waals surface area (Å²) in [7, 11) is 1.34. The highest BCUT2D eigenvalue weighted by molar-refractivity contribution is 5.94. The molecule has 2 aromatic rings. The van der Waals surface area contributed by atoms with E-state index in [4.69, 9.17) is 18.9 Å². The maximum atomic E-state index is 12.7. The van der Waals surface area contributed by atoms with Gasteiger partial charge in [0, 0.05) is 25.5 Å². The second kappa shape index (κ2) is 8.81. The van der Waals surface area contributed by atoms with Gasteiger partial charge >= 0.3 is 5.97 Å². The van der Waals surface area contributed by atoms with E-state index < -0.39 is 5.97 Å². The number of benzene rings is 1. The number of esters is 1. The van der Waals surface area contributed by atoms with Crippen LogP contribution in [0.2, 0.25) is 0 Å². The Morgan fingerprint density at radius 2 is 1.70 bits per heavy atom. The molecule has 1 aromatic heterocycles. The van der Waals surface area contributed by atoms with Crippen LogP contribution in [0.5, 0.6) is 5.75 Å². The first-order valence-electron chi connectivity index (χ1n) is 9.82. The van der Waals surface area contributed by atoms with E-state index >= 15 is 0 Å². The molecule has 1 aromatic carbocycles. The van der Waals surface area contributed by atoms with Crippen molar-refractivity contribution in [3.63, 3.8) is 0 Å². The summed E-state index contributed by atoms with van der Waals surface area (Å²) in [5.41, 5.74) is 1.98. The lowest BCUT2D eigenvalue weighted by molar-refractivity contribution is -0.00461. The van der Waals surface area contributed by atoms with Gasteiger partial charge in [-0.3, -0.25) is 9.78 Å². The molecule has 0 saturated carbocycles. The third-order valence-electron chi connectivity index (χ3n) is 5.20. The van der Waals surface area contributed by atoms with Gasteiger partial charge in [0.15, 0.2) is 0 Å². The molecule has 30 heavy (non-hydrogen) atoms. The van der Waals surface area contributed by atoms with Crippen molar-refractivity contribution < 1.29 is 28.5 Å². The molecule has 0 aliphatic carbocycles. The Morgan fingerprint density at radius 1 is 1.03 bits per heavy atom. The molecule has 2 aliphatic rings. The minimum atomic E-state index is -0.393. The number of aryl methyl sites for hydroxylation is 1. The second-order valence-corrected chi connectivity index (χ2v) is 7.46. The smallest absolute Gasteiger partial charge is 0.337 e. The highest BCUT2D eigenvalue weighted by Crippen LogP contribution is 2.24. The Bertz CT molecular complexity index is 900. The van der Waals surface area contributed by atoms with E-state index in [9.17, 15) is 9.59 Å². The van der Waals surface area contributed by atoms with E-state index in [1.165, 1.54) is 7.11 Å². The normalized spacial score (nSPS) is 21.6. The number of hydrogen-bond acceptors (Lipinski definition) is 7. The van der Waals surface area contributed by atoms with Gasteiger partial charge in [0.25, 0.3) is 5.91 Å². The largest absolute Gasteiger partial charge is 0.486 e. The Hall–Kier alpha value is -2.97. The summed E-state index contributed by atoms with van der Waals surface area (Å²) >= 11 is 0. The van der Waals surface area contributed by atoms with Crippen LogP contribution in [0.15, 0.2) is 42.7 Å². The molecule has 0 bridgehead atoms. The number of rotatable bonds is 4. The van der Waals surface area contributed by atoms with Crippen LogP contribution in [0, 0.1) is 6.92 Å². The van der Waals surface area contributed by atoms with E-state index in [1.807, 2.05) is 13.0 Å². The zero-order chi connectivity index (χ0) is 21.1. The number of nitrogens with zero attached hydrogens (tertiary/aromatic N) is 2. The SMILES string of the molecule is COC(=O)c1ccc(OC2CO[C@H]3CN(C(=O)c4cncc(C)c4)C[C@@H]3OC2)cc1. The summed E-state index contributed by atoms with van der Waals surface area (Å²) in [4.78, 5) is 30.1. The molecule has 1 amide bonds. The van der Waals surface area contributed by atoms with Crippen molar-refractivity contribution in [2.75, 3.05) is 33.4 Å². The average molecular weight is 412 g/mol. The molecule has 158 valence electrons. The van der Waals surface area contributed by atoms with Gasteiger partial charge in [-0.25, -0.2) is 4.79 Å². The van der Waals surface area contributed by atoms with Gasteiger partial charge in [-0.1, -0.05) is 0 Å². The Balaban J connectivity index is 1.32. The first-order chi connectivity index (χ1) is 14.5. The molecule has 2 atom stereocenters. The first-order valence-corrected chi connectivity index (χ1v) is 9.82. The highest BCUT2D eigenvalue weighted by atomic mass is 16.6. The lowest BCUT2D eigenvalue weighted by Crippen LogP contribution is -2.33. The summed E-state index contributed by atoms with van der Waals surface area (Å²) in [5, 5.41) is 0. The summed E-state index contributed by atoms with van der Waals surface area (Å²) in [5.74, 6) is 0.164. The van der Waals surface area contributed by atoms with Gasteiger partial charge in [0.2, 0.25) is 0 Å². The van der Waals surface area contributed by atoms with E-state index in [1.54, 1.807) is 41.6 Å². The number of amides is 1. The molecule has 2 saturated heterocycles. The molecule has 0 N–H and O–H groups in total. The lowest BCUT2D eigenvalue weighted by atomic mass is 10.2. The number of carbonyl (C=O) groups is 2. The predicted molar refractivity (Wildman–Crippen MR) is 107 cm³/mol. The molecular formula is C22H24N2O6. The van der Waals surface area contributed by atoms with Gasteiger partial charge in [-0.05, 0) is 42.8 Å². The van der Waals surface area contributed by atoms with Gasteiger partial charge in [-0.15, -0.1) is 0 Å². The minimum absolute atomic E-state index is 0.0648. The van der Waals surface area contributed by atoms with Crippen molar-refractivity contribution in [1.29, 1.82) is 0 Å². The van der Waals surface area contributed by atoms with Crippen LogP contribution in [0.4, 0.5) is 0 Å². The standard InChI is InChI=1S/C22H24N2O6/c1-14-7-16(9-23-8-14)21(25)24-10-19-20(11-24)29-13-18(12-28-19)30-17-5-3-15(4-6-17)22(26)27-2/h3-9,18-20H,10-13H2,1-2H3/t19-,20-/m0/s1. The first kappa shape index (κ1) is 20.3. The van der Waals surface area contributed by atoms with Gasteiger partial charge < -0.3 is 23.8 Å². The molecule has 8 heteroatoms. The van der Waals surface area contributed by atoms with Crippen LogP contribution in [-0.2, 0) is 14.2 Å². The number of aromatic nitrogens is 1. The molecule has 3 heterocycles. The number of hydrogen-bond donors (Lipinski definition) is 0. The molecule has 8 nitrogen and oxygen atoms in total. The van der Waals surface area contributed by atoms with Crippen LogP contribution in [0.3, 0.4) is 0 Å². The number of pyridine rings is 1. The van der Waals surface area contributed by atoms with Crippen LogP contribution >= 0.6 is 0 Å². The number of carbonyl (C=O) groups excluding carboxylic acids is 2. The zero-order valence-corrected chi connectivity index (χ0v) is 16.9. The van der Waals surface area contributed by atoms with Crippen molar-refractivity contribution in [1.82, 2.24) is 9.88 Å². The molecule has 0 spiro atoms. The van der Waals surface area contributed by atoms with E-state index in [2.05, 4.69) is 4.98 Å². The van der Waals surface area contributed by atoms with Crippen molar-refractivity contribution >= 4 is 11.9 Å². The summed E-state index contributed by atoms with van der Waals surface area (Å²) < 4.78 is 22.6. The number of ether oxygens (including phenoxy) is 4. The van der Waals surface area contributed by atoms with Crippen molar-refractivity contribution in [3.05, 3.63) is 59.4 Å². The molecule has 0 radical (unpaired) electrons. The fourth-order valence-electron chi connectivity index (χ4n) is 3.64. The summed E-state index contributed by atoms with van der Waals surface area (Å²) in [6.07, 6.45) is 2.65. The number of methoxy groups -OCH3 is 1. The number of likely N-dealkylation sites (tertiary alicyclic amines) is 1. The fraction of sp³-hybridized carbons (Fsp3) is 0.409. The Morgan fingerprint density at radius 3 is 2.30 bits per heavy atom. The van der Waals surface area contributed by atoms with Crippen molar-refractivity contribution in [2.24, 2.45) is 0 Å². The summed E-state index contributed by atoms with van der Waals surface area (Å²) in [6, 6.07) is 8.57. The quantitative estimate of drug-likeness (QED) is 0.709. The Kier molecular flexibility index (Phi) is 5.96.